The molecule has 0 bridgehead atoms. The zero-order valence-electron chi connectivity index (χ0n) is 29.6. The number of rotatable bonds is 8. The maximum atomic E-state index is 2.33. The number of fused-ring (bicyclic) bond motifs is 5. The quantitative estimate of drug-likeness (QED) is 0.158. The van der Waals surface area contributed by atoms with Crippen LogP contribution < -0.4 is 9.80 Å². The van der Waals surface area contributed by atoms with Gasteiger partial charge >= 0.3 is 0 Å². The van der Waals surface area contributed by atoms with Crippen molar-refractivity contribution in [2.24, 2.45) is 0 Å². The highest BCUT2D eigenvalue weighted by atomic mass is 15.1. The summed E-state index contributed by atoms with van der Waals surface area (Å²) in [5.41, 5.74) is 11.4. The van der Waals surface area contributed by atoms with Crippen LogP contribution >= 0.6 is 0 Å². The summed E-state index contributed by atoms with van der Waals surface area (Å²) in [6.45, 7) is 0. The Morgan fingerprint density at radius 1 is 0.259 bits per heavy atom. The third kappa shape index (κ3) is 5.49. The summed E-state index contributed by atoms with van der Waals surface area (Å²) >= 11 is 0. The van der Waals surface area contributed by atoms with Crippen molar-refractivity contribution in [2.45, 2.75) is 0 Å². The van der Waals surface area contributed by atoms with E-state index in [0.717, 1.165) is 45.5 Å². The van der Waals surface area contributed by atoms with Crippen LogP contribution in [0, 0.1) is 0 Å². The summed E-state index contributed by atoms with van der Waals surface area (Å²) in [5.74, 6) is 0. The molecule has 4 nitrogen and oxygen atoms in total. The fourth-order valence-corrected chi connectivity index (χ4v) is 7.83. The molecule has 8 aromatic carbocycles. The van der Waals surface area contributed by atoms with Crippen molar-refractivity contribution in [3.63, 3.8) is 0 Å². The number of anilines is 6. The summed E-state index contributed by atoms with van der Waals surface area (Å²) in [6, 6.07) is 73.5. The first kappa shape index (κ1) is 31.4. The molecule has 0 atom stereocenters. The molecule has 0 aliphatic rings. The first-order valence-corrected chi connectivity index (χ1v) is 18.4. The standard InChI is InChI=1S/C50H36N4/c1-5-13-41(14-6-1)53(42-15-7-2-8-16-42)45-27-23-39(24-28-45)51-35-33-37-21-32-48-47(49(37)51)31-22-38-34-36-52(50(38)48)40-25-29-46(30-26-40)54(43-17-9-3-10-18-43)44-19-11-4-12-20-44/h1-36H. The monoisotopic (exact) mass is 692 g/mol. The van der Waals surface area contributed by atoms with Crippen LogP contribution in [0.4, 0.5) is 34.1 Å². The van der Waals surface area contributed by atoms with Gasteiger partial charge in [0.1, 0.15) is 0 Å². The van der Waals surface area contributed by atoms with Gasteiger partial charge in [-0.1, -0.05) is 97.1 Å². The maximum Gasteiger partial charge on any atom is 0.0607 e. The number of para-hydroxylation sites is 4. The van der Waals surface area contributed by atoms with E-state index in [0.29, 0.717) is 0 Å². The number of aromatic nitrogens is 2. The van der Waals surface area contributed by atoms with Gasteiger partial charge < -0.3 is 18.9 Å². The van der Waals surface area contributed by atoms with Gasteiger partial charge in [0, 0.05) is 79.4 Å². The minimum atomic E-state index is 1.11. The first-order valence-electron chi connectivity index (χ1n) is 18.4. The highest BCUT2D eigenvalue weighted by Gasteiger charge is 2.16. The fourth-order valence-electron chi connectivity index (χ4n) is 7.83. The van der Waals surface area contributed by atoms with Crippen LogP contribution in [0.15, 0.2) is 219 Å². The van der Waals surface area contributed by atoms with E-state index in [-0.39, 0.29) is 0 Å². The fraction of sp³-hybridized carbons (Fsp3) is 0. The molecule has 10 rings (SSSR count). The molecule has 0 N–H and O–H groups in total. The van der Waals surface area contributed by atoms with Crippen molar-refractivity contribution in [1.29, 1.82) is 0 Å². The molecule has 0 amide bonds. The van der Waals surface area contributed by atoms with Gasteiger partial charge in [0.25, 0.3) is 0 Å². The summed E-state index contributed by atoms with van der Waals surface area (Å²) in [6.07, 6.45) is 4.39. The molecule has 10 aromatic rings. The lowest BCUT2D eigenvalue weighted by Gasteiger charge is -2.25. The Labute approximate surface area is 314 Å². The van der Waals surface area contributed by atoms with Crippen LogP contribution in [0.1, 0.15) is 0 Å². The Hall–Kier alpha value is -7.30. The van der Waals surface area contributed by atoms with Crippen LogP contribution in [0.25, 0.3) is 44.0 Å². The van der Waals surface area contributed by atoms with E-state index in [4.69, 9.17) is 0 Å². The van der Waals surface area contributed by atoms with Gasteiger partial charge in [-0.3, -0.25) is 0 Å². The van der Waals surface area contributed by atoms with Gasteiger partial charge in [0.05, 0.1) is 11.0 Å². The molecule has 0 aliphatic heterocycles. The van der Waals surface area contributed by atoms with Crippen LogP contribution in [-0.2, 0) is 0 Å². The summed E-state index contributed by atoms with van der Waals surface area (Å²) < 4.78 is 4.65. The van der Waals surface area contributed by atoms with Crippen molar-refractivity contribution in [2.75, 3.05) is 9.80 Å². The average Bonchev–Trinajstić information content (AvgIpc) is 3.89. The molecule has 54 heavy (non-hydrogen) atoms. The van der Waals surface area contributed by atoms with Gasteiger partial charge in [-0.05, 0) is 109 Å². The number of hydrogen-bond donors (Lipinski definition) is 0. The highest BCUT2D eigenvalue weighted by Crippen LogP contribution is 2.39. The van der Waals surface area contributed by atoms with Crippen molar-refractivity contribution in [3.8, 4) is 11.4 Å². The third-order valence-electron chi connectivity index (χ3n) is 10.3. The summed E-state index contributed by atoms with van der Waals surface area (Å²) in [4.78, 5) is 4.59. The van der Waals surface area contributed by atoms with Gasteiger partial charge in [-0.25, -0.2) is 0 Å². The van der Waals surface area contributed by atoms with Crippen molar-refractivity contribution < 1.29 is 0 Å². The summed E-state index contributed by atoms with van der Waals surface area (Å²) in [7, 11) is 0. The molecule has 0 unspecified atom stereocenters. The van der Waals surface area contributed by atoms with Crippen molar-refractivity contribution >= 4 is 66.7 Å². The van der Waals surface area contributed by atoms with E-state index >= 15 is 0 Å². The molecule has 4 heteroatoms. The number of benzene rings is 8. The second-order valence-corrected chi connectivity index (χ2v) is 13.5. The van der Waals surface area contributed by atoms with Crippen molar-refractivity contribution in [3.05, 3.63) is 219 Å². The maximum absolute atomic E-state index is 2.33. The number of nitrogens with zero attached hydrogens (tertiary/aromatic N) is 4. The van der Waals surface area contributed by atoms with Crippen molar-refractivity contribution in [1.82, 2.24) is 9.13 Å². The lowest BCUT2D eigenvalue weighted by atomic mass is 10.0. The van der Waals surface area contributed by atoms with E-state index in [1.54, 1.807) is 0 Å². The average molecular weight is 693 g/mol. The minimum Gasteiger partial charge on any atom is -0.316 e. The molecule has 2 heterocycles. The highest BCUT2D eigenvalue weighted by molar-refractivity contribution is 6.16. The molecule has 0 saturated carbocycles. The van der Waals surface area contributed by atoms with E-state index in [1.165, 1.54) is 32.6 Å². The second-order valence-electron chi connectivity index (χ2n) is 13.5. The Balaban J connectivity index is 1.04. The van der Waals surface area contributed by atoms with E-state index in [1.807, 2.05) is 0 Å². The largest absolute Gasteiger partial charge is 0.316 e. The lowest BCUT2D eigenvalue weighted by Crippen LogP contribution is -2.09. The lowest BCUT2D eigenvalue weighted by molar-refractivity contribution is 1.13. The number of hydrogen-bond acceptors (Lipinski definition) is 2. The molecule has 2 aromatic heterocycles. The molecular formula is C50H36N4. The second kappa shape index (κ2) is 13.4. The van der Waals surface area contributed by atoms with E-state index in [9.17, 15) is 0 Å². The molecule has 256 valence electrons. The van der Waals surface area contributed by atoms with Gasteiger partial charge in [-0.15, -0.1) is 0 Å². The molecule has 0 fully saturated rings. The van der Waals surface area contributed by atoms with Crippen LogP contribution in [0.2, 0.25) is 0 Å². The topological polar surface area (TPSA) is 16.3 Å². The van der Waals surface area contributed by atoms with Gasteiger partial charge in [0.2, 0.25) is 0 Å². The molecular weight excluding hydrogens is 657 g/mol. The summed E-state index contributed by atoms with van der Waals surface area (Å²) in [5, 5.41) is 4.87. The van der Waals surface area contributed by atoms with Gasteiger partial charge in [-0.2, -0.15) is 0 Å². The zero-order valence-corrected chi connectivity index (χ0v) is 29.6. The van der Waals surface area contributed by atoms with E-state index < -0.39 is 0 Å². The molecule has 0 saturated heterocycles. The predicted molar refractivity (Wildman–Crippen MR) is 227 cm³/mol. The Kier molecular flexibility index (Phi) is 7.77. The normalized spacial score (nSPS) is 11.3. The first-order chi connectivity index (χ1) is 26.8. The van der Waals surface area contributed by atoms with Gasteiger partial charge in [0.15, 0.2) is 0 Å². The smallest absolute Gasteiger partial charge is 0.0607 e. The van der Waals surface area contributed by atoms with Crippen LogP contribution in [-0.4, -0.2) is 9.13 Å². The minimum absolute atomic E-state index is 1.11. The van der Waals surface area contributed by atoms with Crippen LogP contribution in [0.3, 0.4) is 0 Å². The molecule has 0 radical (unpaired) electrons. The SMILES string of the molecule is c1ccc(N(c2ccccc2)c2ccc(-n3ccc4ccc5c(ccc6ccn(-c7ccc(N(c8ccccc8)c8ccccc8)cc7)c65)c43)cc2)cc1. The van der Waals surface area contributed by atoms with Crippen LogP contribution in [0.5, 0.6) is 0 Å². The Morgan fingerprint density at radius 2 is 0.556 bits per heavy atom. The Bertz CT molecular complexity index is 2560. The zero-order chi connectivity index (χ0) is 35.8. The van der Waals surface area contributed by atoms with E-state index in [2.05, 4.69) is 238 Å². The Morgan fingerprint density at radius 3 is 0.870 bits per heavy atom. The third-order valence-corrected chi connectivity index (χ3v) is 10.3. The molecule has 0 aliphatic carbocycles. The predicted octanol–water partition coefficient (Wildman–Crippen LogP) is 13.7. The molecule has 0 spiro atoms.